The second kappa shape index (κ2) is 9.29. The van der Waals surface area contributed by atoms with Gasteiger partial charge >= 0.3 is 5.63 Å². The lowest BCUT2D eigenvalue weighted by Gasteiger charge is -2.21. The molecule has 1 amide bonds. The standard InChI is InChI=1S/C27H26N2O6/c1-15-10-22(25-18-7-2-3-8-19(18)27(33)35-23(25)11-15)34-14-24(30)29-21(26(31)32)12-16-13-28-20-9-5-4-6-17(16)20/h4-6,9-11,13,21,28H,2-3,7-8,12,14H2,1H3,(H,29,30)(H,31,32)/p-1/t21-/m0/s1. The molecule has 35 heavy (non-hydrogen) atoms. The quantitative estimate of drug-likeness (QED) is 0.397. The summed E-state index contributed by atoms with van der Waals surface area (Å²) in [6.45, 7) is 1.46. The molecule has 2 aromatic heterocycles. The van der Waals surface area contributed by atoms with E-state index < -0.39 is 17.9 Å². The number of carbonyl (C=O) groups excluding carboxylic acids is 2. The Labute approximate surface area is 200 Å². The minimum absolute atomic E-state index is 0.0735. The van der Waals surface area contributed by atoms with Crippen LogP contribution in [0.5, 0.6) is 5.75 Å². The van der Waals surface area contributed by atoms with E-state index in [9.17, 15) is 19.5 Å². The number of para-hydroxylation sites is 1. The van der Waals surface area contributed by atoms with Crippen molar-refractivity contribution in [2.75, 3.05) is 6.61 Å². The largest absolute Gasteiger partial charge is 0.548 e. The molecule has 1 atom stereocenters. The van der Waals surface area contributed by atoms with Crippen LogP contribution in [0.25, 0.3) is 21.9 Å². The van der Waals surface area contributed by atoms with Crippen molar-refractivity contribution in [3.63, 3.8) is 0 Å². The van der Waals surface area contributed by atoms with Crippen LogP contribution in [0.4, 0.5) is 0 Å². The fourth-order valence-corrected chi connectivity index (χ4v) is 4.87. The number of hydrogen-bond donors (Lipinski definition) is 2. The van der Waals surface area contributed by atoms with Gasteiger partial charge in [0.15, 0.2) is 6.61 Å². The van der Waals surface area contributed by atoms with E-state index in [-0.39, 0.29) is 18.7 Å². The lowest BCUT2D eigenvalue weighted by atomic mass is 9.90. The van der Waals surface area contributed by atoms with E-state index in [1.807, 2.05) is 31.2 Å². The summed E-state index contributed by atoms with van der Waals surface area (Å²) in [4.78, 5) is 40.0. The van der Waals surface area contributed by atoms with Crippen LogP contribution in [0.1, 0.15) is 35.1 Å². The monoisotopic (exact) mass is 473 g/mol. The van der Waals surface area contributed by atoms with Gasteiger partial charge in [0, 0.05) is 29.1 Å². The van der Waals surface area contributed by atoms with E-state index in [0.29, 0.717) is 28.7 Å². The molecular formula is C27H25N2O6-. The molecular weight excluding hydrogens is 448 g/mol. The minimum atomic E-state index is -1.37. The Morgan fingerprint density at radius 2 is 1.94 bits per heavy atom. The topological polar surface area (TPSA) is 124 Å². The Bertz CT molecular complexity index is 1500. The van der Waals surface area contributed by atoms with Crippen LogP contribution in [0.2, 0.25) is 0 Å². The van der Waals surface area contributed by atoms with Gasteiger partial charge in [0.2, 0.25) is 0 Å². The number of carboxylic acids is 1. The van der Waals surface area contributed by atoms with E-state index in [2.05, 4.69) is 10.3 Å². The number of aryl methyl sites for hydroxylation is 2. The first-order chi connectivity index (χ1) is 16.9. The van der Waals surface area contributed by atoms with Crippen molar-refractivity contribution in [2.45, 2.75) is 45.1 Å². The Balaban J connectivity index is 1.35. The number of amides is 1. The van der Waals surface area contributed by atoms with Crippen molar-refractivity contribution in [3.8, 4) is 5.75 Å². The molecule has 0 saturated carbocycles. The molecule has 2 heterocycles. The maximum atomic E-state index is 12.7. The van der Waals surface area contributed by atoms with Gasteiger partial charge < -0.3 is 29.4 Å². The molecule has 0 aliphatic heterocycles. The Hall–Kier alpha value is -4.07. The fraction of sp³-hybridized carbons (Fsp3) is 0.296. The molecule has 0 bridgehead atoms. The first-order valence-electron chi connectivity index (χ1n) is 11.7. The number of aliphatic carboxylic acids is 1. The Morgan fingerprint density at radius 3 is 2.74 bits per heavy atom. The summed E-state index contributed by atoms with van der Waals surface area (Å²) in [5, 5.41) is 15.9. The maximum absolute atomic E-state index is 12.7. The summed E-state index contributed by atoms with van der Waals surface area (Å²) in [6, 6.07) is 9.90. The number of carboxylic acid groups (broad SMARTS) is 1. The van der Waals surface area contributed by atoms with Gasteiger partial charge in [-0.2, -0.15) is 0 Å². The van der Waals surface area contributed by atoms with Gasteiger partial charge in [-0.1, -0.05) is 18.2 Å². The SMILES string of the molecule is Cc1cc(OCC(=O)N[C@@H](Cc2c[nH]c3ccccc23)C(=O)[O-])c2c3c(c(=O)oc2c1)CCCC3. The predicted octanol–water partition coefficient (Wildman–Crippen LogP) is 2.32. The van der Waals surface area contributed by atoms with Crippen LogP contribution < -0.4 is 20.8 Å². The molecule has 0 spiro atoms. The Morgan fingerprint density at radius 1 is 1.17 bits per heavy atom. The summed E-state index contributed by atoms with van der Waals surface area (Å²) in [5.41, 5.74) is 4.15. The third kappa shape index (κ3) is 4.51. The number of hydrogen-bond acceptors (Lipinski definition) is 6. The zero-order chi connectivity index (χ0) is 24.5. The van der Waals surface area contributed by atoms with Crippen LogP contribution in [-0.4, -0.2) is 29.5 Å². The number of ether oxygens (including phenoxy) is 1. The summed E-state index contributed by atoms with van der Waals surface area (Å²) >= 11 is 0. The summed E-state index contributed by atoms with van der Waals surface area (Å²) in [5.74, 6) is -1.51. The molecule has 4 aromatic rings. The van der Waals surface area contributed by atoms with Gasteiger partial charge in [0.1, 0.15) is 11.3 Å². The molecule has 180 valence electrons. The molecule has 8 heteroatoms. The Kier molecular flexibility index (Phi) is 6.03. The number of rotatable bonds is 7. The van der Waals surface area contributed by atoms with Gasteiger partial charge in [0.05, 0.1) is 17.4 Å². The van der Waals surface area contributed by atoms with E-state index >= 15 is 0 Å². The number of aromatic amines is 1. The lowest BCUT2D eigenvalue weighted by molar-refractivity contribution is -0.308. The molecule has 1 aliphatic rings. The van der Waals surface area contributed by atoms with Crippen LogP contribution >= 0.6 is 0 Å². The van der Waals surface area contributed by atoms with Gasteiger partial charge in [0.25, 0.3) is 5.91 Å². The number of aromatic nitrogens is 1. The summed E-state index contributed by atoms with van der Waals surface area (Å²) in [7, 11) is 0. The average molecular weight is 474 g/mol. The zero-order valence-corrected chi connectivity index (χ0v) is 19.3. The average Bonchev–Trinajstić information content (AvgIpc) is 3.25. The molecule has 5 rings (SSSR count). The molecule has 0 unspecified atom stereocenters. The van der Waals surface area contributed by atoms with Crippen LogP contribution in [0.3, 0.4) is 0 Å². The van der Waals surface area contributed by atoms with Crippen molar-refractivity contribution >= 4 is 33.7 Å². The van der Waals surface area contributed by atoms with Gasteiger partial charge in [-0.25, -0.2) is 4.79 Å². The highest BCUT2D eigenvalue weighted by Gasteiger charge is 2.22. The van der Waals surface area contributed by atoms with Crippen molar-refractivity contribution in [2.24, 2.45) is 0 Å². The molecule has 8 nitrogen and oxygen atoms in total. The third-order valence-electron chi connectivity index (χ3n) is 6.51. The van der Waals surface area contributed by atoms with E-state index in [1.165, 1.54) is 0 Å². The fourth-order valence-electron chi connectivity index (χ4n) is 4.87. The lowest BCUT2D eigenvalue weighted by Crippen LogP contribution is -2.50. The smallest absolute Gasteiger partial charge is 0.339 e. The normalized spacial score (nSPS) is 14.0. The number of H-pyrrole nitrogens is 1. The van der Waals surface area contributed by atoms with Crippen LogP contribution in [-0.2, 0) is 28.9 Å². The zero-order valence-electron chi connectivity index (χ0n) is 19.3. The van der Waals surface area contributed by atoms with E-state index in [1.54, 1.807) is 18.3 Å². The summed E-state index contributed by atoms with van der Waals surface area (Å²) < 4.78 is 11.4. The van der Waals surface area contributed by atoms with Gasteiger partial charge in [-0.3, -0.25) is 4.79 Å². The van der Waals surface area contributed by atoms with Crippen molar-refractivity contribution in [1.82, 2.24) is 10.3 Å². The van der Waals surface area contributed by atoms with E-state index in [4.69, 9.17) is 9.15 Å². The van der Waals surface area contributed by atoms with Crippen LogP contribution in [0.15, 0.2) is 51.8 Å². The molecule has 2 N–H and O–H groups in total. The third-order valence-corrected chi connectivity index (χ3v) is 6.51. The van der Waals surface area contributed by atoms with Gasteiger partial charge in [-0.15, -0.1) is 0 Å². The molecule has 0 fully saturated rings. The van der Waals surface area contributed by atoms with Crippen LogP contribution in [0, 0.1) is 6.92 Å². The minimum Gasteiger partial charge on any atom is -0.548 e. The number of nitrogens with one attached hydrogen (secondary N) is 2. The molecule has 0 saturated heterocycles. The number of fused-ring (bicyclic) bond motifs is 4. The number of benzene rings is 2. The second-order valence-electron chi connectivity index (χ2n) is 8.98. The second-order valence-corrected chi connectivity index (χ2v) is 8.98. The van der Waals surface area contributed by atoms with E-state index in [0.717, 1.165) is 46.9 Å². The van der Waals surface area contributed by atoms with Crippen molar-refractivity contribution in [1.29, 1.82) is 0 Å². The molecule has 2 aromatic carbocycles. The number of carbonyl (C=O) groups is 2. The van der Waals surface area contributed by atoms with Gasteiger partial charge in [-0.05, 0) is 67.5 Å². The highest BCUT2D eigenvalue weighted by atomic mass is 16.5. The summed E-state index contributed by atoms with van der Waals surface area (Å²) in [6.07, 6.45) is 5.08. The van der Waals surface area contributed by atoms with Crippen molar-refractivity contribution in [3.05, 3.63) is 75.3 Å². The molecule has 1 aliphatic carbocycles. The molecule has 0 radical (unpaired) electrons. The highest BCUT2D eigenvalue weighted by Crippen LogP contribution is 2.34. The maximum Gasteiger partial charge on any atom is 0.339 e. The first kappa shape index (κ1) is 22.7. The highest BCUT2D eigenvalue weighted by molar-refractivity contribution is 5.90. The van der Waals surface area contributed by atoms with Crippen molar-refractivity contribution < 1.29 is 23.8 Å². The predicted molar refractivity (Wildman–Crippen MR) is 128 cm³/mol. The first-order valence-corrected chi connectivity index (χ1v) is 11.7.